The van der Waals surface area contributed by atoms with Crippen LogP contribution < -0.4 is 9.47 Å². The van der Waals surface area contributed by atoms with Crippen molar-refractivity contribution in [2.45, 2.75) is 4.90 Å². The number of hydrogen-bond acceptors (Lipinski definition) is 5. The third kappa shape index (κ3) is 3.80. The maximum absolute atomic E-state index is 11.3. The summed E-state index contributed by atoms with van der Waals surface area (Å²) in [6.07, 6.45) is 2.65. The van der Waals surface area contributed by atoms with Crippen molar-refractivity contribution < 1.29 is 27.8 Å². The average molecular weight is 286 g/mol. The second-order valence-corrected chi connectivity index (χ2v) is 4.30. The van der Waals surface area contributed by atoms with Crippen LogP contribution in [0.25, 0.3) is 6.08 Å². The van der Waals surface area contributed by atoms with Crippen LogP contribution >= 0.6 is 0 Å². The molecule has 19 heavy (non-hydrogen) atoms. The molecular formula is C12H14O6S. The van der Waals surface area contributed by atoms with Crippen LogP contribution in [0.5, 0.6) is 11.5 Å². The van der Waals surface area contributed by atoms with Gasteiger partial charge in [0, 0.05) is 6.08 Å². The van der Waals surface area contributed by atoms with Crippen LogP contribution in [0.1, 0.15) is 5.56 Å². The monoisotopic (exact) mass is 286 g/mol. The lowest BCUT2D eigenvalue weighted by atomic mass is 10.2. The minimum absolute atomic E-state index is 0.0614. The predicted octanol–water partition coefficient (Wildman–Crippen LogP) is 1.47. The number of esters is 1. The molecule has 1 aromatic carbocycles. The highest BCUT2D eigenvalue weighted by Gasteiger charge is 2.15. The van der Waals surface area contributed by atoms with E-state index in [-0.39, 0.29) is 10.6 Å². The zero-order chi connectivity index (χ0) is 14.4. The van der Waals surface area contributed by atoms with Crippen molar-refractivity contribution in [1.82, 2.24) is 0 Å². The highest BCUT2D eigenvalue weighted by Crippen LogP contribution is 2.34. The summed E-state index contributed by atoms with van der Waals surface area (Å²) in [5.74, 6) is -0.0491. The van der Waals surface area contributed by atoms with Crippen LogP contribution in [-0.4, -0.2) is 36.1 Å². The van der Waals surface area contributed by atoms with Gasteiger partial charge in [0.2, 0.25) is 0 Å². The largest absolute Gasteiger partial charge is 0.493 e. The molecule has 0 aromatic heterocycles. The maximum Gasteiger partial charge on any atom is 0.330 e. The van der Waals surface area contributed by atoms with Gasteiger partial charge in [0.25, 0.3) is 0 Å². The highest BCUT2D eigenvalue weighted by molar-refractivity contribution is 7.79. The minimum atomic E-state index is -2.23. The molecule has 0 aliphatic rings. The molecule has 1 atom stereocenters. The molecule has 1 N–H and O–H groups in total. The van der Waals surface area contributed by atoms with E-state index in [0.717, 1.165) is 0 Å². The quantitative estimate of drug-likeness (QED) is 0.501. The molecule has 0 bridgehead atoms. The number of benzene rings is 1. The molecule has 1 aromatic rings. The zero-order valence-electron chi connectivity index (χ0n) is 10.7. The van der Waals surface area contributed by atoms with Crippen LogP contribution in [-0.2, 0) is 20.6 Å². The van der Waals surface area contributed by atoms with Gasteiger partial charge in [-0.3, -0.25) is 0 Å². The lowest BCUT2D eigenvalue weighted by molar-refractivity contribution is -0.134. The van der Waals surface area contributed by atoms with E-state index in [1.54, 1.807) is 6.07 Å². The predicted molar refractivity (Wildman–Crippen MR) is 69.6 cm³/mol. The van der Waals surface area contributed by atoms with Crippen LogP contribution in [0, 0.1) is 0 Å². The number of ether oxygens (including phenoxy) is 3. The van der Waals surface area contributed by atoms with Crippen molar-refractivity contribution in [3.05, 3.63) is 23.8 Å². The van der Waals surface area contributed by atoms with E-state index in [1.807, 2.05) is 0 Å². The normalized spacial score (nSPS) is 12.2. The Balaban J connectivity index is 3.28. The number of carbonyl (C=O) groups excluding carboxylic acids is 1. The van der Waals surface area contributed by atoms with E-state index in [1.165, 1.54) is 39.5 Å². The van der Waals surface area contributed by atoms with Crippen LogP contribution in [0.15, 0.2) is 23.1 Å². The van der Waals surface area contributed by atoms with Gasteiger partial charge in [0.05, 0.1) is 21.3 Å². The van der Waals surface area contributed by atoms with Gasteiger partial charge in [0.1, 0.15) is 4.90 Å². The summed E-state index contributed by atoms with van der Waals surface area (Å²) in [4.78, 5) is 11.1. The Morgan fingerprint density at radius 2 is 1.95 bits per heavy atom. The SMILES string of the molecule is COC(=O)/C=C/c1cc(OC)c(OC)c(S(=O)O)c1. The molecule has 1 rings (SSSR count). The molecule has 0 heterocycles. The fourth-order valence-corrected chi connectivity index (χ4v) is 1.99. The Hall–Kier alpha value is -1.86. The molecule has 0 aliphatic heterocycles. The van der Waals surface area contributed by atoms with Gasteiger partial charge in [-0.25, -0.2) is 9.00 Å². The highest BCUT2D eigenvalue weighted by atomic mass is 32.2. The standard InChI is InChI=1S/C12H14O6S/c1-16-9-6-8(4-5-11(13)17-2)7-10(19(14)15)12(9)18-3/h4-7H,1-3H3,(H,14,15)/b5-4+. The van der Waals surface area contributed by atoms with Gasteiger partial charge in [-0.15, -0.1) is 0 Å². The Morgan fingerprint density at radius 1 is 1.26 bits per heavy atom. The lowest BCUT2D eigenvalue weighted by Gasteiger charge is -2.11. The number of methoxy groups -OCH3 is 3. The number of hydrogen-bond donors (Lipinski definition) is 1. The minimum Gasteiger partial charge on any atom is -0.493 e. The summed E-state index contributed by atoms with van der Waals surface area (Å²) >= 11 is -2.23. The molecule has 104 valence electrons. The second-order valence-electron chi connectivity index (χ2n) is 3.36. The van der Waals surface area contributed by atoms with Crippen molar-refractivity contribution in [1.29, 1.82) is 0 Å². The summed E-state index contributed by atoms with van der Waals surface area (Å²) in [7, 11) is 4.05. The molecule has 7 heteroatoms. The first-order valence-electron chi connectivity index (χ1n) is 5.16. The molecule has 0 amide bonds. The summed E-state index contributed by atoms with van der Waals surface area (Å²) in [6, 6.07) is 3.01. The first-order valence-corrected chi connectivity index (χ1v) is 6.27. The molecule has 0 radical (unpaired) electrons. The fourth-order valence-electron chi connectivity index (χ4n) is 1.41. The molecule has 6 nitrogen and oxygen atoms in total. The van der Waals surface area contributed by atoms with E-state index in [2.05, 4.69) is 4.74 Å². The van der Waals surface area contributed by atoms with E-state index in [4.69, 9.17) is 9.47 Å². The smallest absolute Gasteiger partial charge is 0.330 e. The first kappa shape index (κ1) is 15.2. The van der Waals surface area contributed by atoms with E-state index in [9.17, 15) is 13.6 Å². The van der Waals surface area contributed by atoms with Crippen LogP contribution in [0.3, 0.4) is 0 Å². The first-order chi connectivity index (χ1) is 9.03. The number of rotatable bonds is 5. The zero-order valence-corrected chi connectivity index (χ0v) is 11.5. The van der Waals surface area contributed by atoms with Crippen molar-refractivity contribution in [3.8, 4) is 11.5 Å². The third-order valence-electron chi connectivity index (χ3n) is 2.27. The molecular weight excluding hydrogens is 272 g/mol. The van der Waals surface area contributed by atoms with Gasteiger partial charge in [0.15, 0.2) is 22.6 Å². The van der Waals surface area contributed by atoms with Crippen molar-refractivity contribution >= 4 is 23.1 Å². The summed E-state index contributed by atoms with van der Waals surface area (Å²) < 4.78 is 35.1. The van der Waals surface area contributed by atoms with Crippen LogP contribution in [0.2, 0.25) is 0 Å². The molecule has 0 fully saturated rings. The van der Waals surface area contributed by atoms with Crippen molar-refractivity contribution in [2.24, 2.45) is 0 Å². The van der Waals surface area contributed by atoms with E-state index >= 15 is 0 Å². The lowest BCUT2D eigenvalue weighted by Crippen LogP contribution is -1.99. The van der Waals surface area contributed by atoms with Crippen molar-refractivity contribution in [2.75, 3.05) is 21.3 Å². The Labute approximate surface area is 113 Å². The summed E-state index contributed by atoms with van der Waals surface area (Å²) in [5, 5.41) is 0. The number of carbonyl (C=O) groups is 1. The molecule has 1 unspecified atom stereocenters. The summed E-state index contributed by atoms with van der Waals surface area (Å²) in [5.41, 5.74) is 0.514. The van der Waals surface area contributed by atoms with E-state index in [0.29, 0.717) is 11.3 Å². The van der Waals surface area contributed by atoms with Gasteiger partial charge >= 0.3 is 5.97 Å². The fraction of sp³-hybridized carbons (Fsp3) is 0.250. The average Bonchev–Trinajstić information content (AvgIpc) is 2.43. The van der Waals surface area contributed by atoms with E-state index < -0.39 is 17.0 Å². The van der Waals surface area contributed by atoms with Gasteiger partial charge < -0.3 is 18.8 Å². The van der Waals surface area contributed by atoms with Gasteiger partial charge in [-0.1, -0.05) is 0 Å². The maximum atomic E-state index is 11.3. The Kier molecular flexibility index (Phi) is 5.53. The van der Waals surface area contributed by atoms with Gasteiger partial charge in [-0.2, -0.15) is 0 Å². The summed E-state index contributed by atoms with van der Waals surface area (Å²) in [6.45, 7) is 0. The van der Waals surface area contributed by atoms with Crippen molar-refractivity contribution in [3.63, 3.8) is 0 Å². The molecule has 0 aliphatic carbocycles. The Morgan fingerprint density at radius 3 is 2.42 bits per heavy atom. The van der Waals surface area contributed by atoms with Gasteiger partial charge in [-0.05, 0) is 23.8 Å². The topological polar surface area (TPSA) is 82.1 Å². The molecule has 0 saturated carbocycles. The van der Waals surface area contributed by atoms with Crippen LogP contribution in [0.4, 0.5) is 0 Å². The second kappa shape index (κ2) is 6.91. The Bertz CT molecular complexity index is 523. The molecule has 0 spiro atoms. The molecule has 0 saturated heterocycles. The third-order valence-corrected chi connectivity index (χ3v) is 2.95.